The lowest BCUT2D eigenvalue weighted by Crippen LogP contribution is -2.50. The van der Waals surface area contributed by atoms with Crippen LogP contribution in [-0.4, -0.2) is 61.3 Å². The highest BCUT2D eigenvalue weighted by atomic mass is 19.1. The van der Waals surface area contributed by atoms with Crippen LogP contribution in [0.15, 0.2) is 24.3 Å². The molecule has 0 aliphatic carbocycles. The van der Waals surface area contributed by atoms with Crippen LogP contribution in [0.4, 0.5) is 9.18 Å². The van der Waals surface area contributed by atoms with Gasteiger partial charge >= 0.3 is 6.03 Å². The molecule has 3 rings (SSSR count). The van der Waals surface area contributed by atoms with E-state index in [1.165, 1.54) is 12.1 Å². The van der Waals surface area contributed by atoms with Crippen LogP contribution in [0, 0.1) is 5.82 Å². The molecular weight excluding hydrogens is 297 g/mol. The van der Waals surface area contributed by atoms with E-state index in [4.69, 9.17) is 4.74 Å². The van der Waals surface area contributed by atoms with Gasteiger partial charge in [0.15, 0.2) is 0 Å². The van der Waals surface area contributed by atoms with Gasteiger partial charge in [-0.1, -0.05) is 12.1 Å². The van der Waals surface area contributed by atoms with Crippen LogP contribution < -0.4 is 5.32 Å². The van der Waals surface area contributed by atoms with Gasteiger partial charge in [-0.05, 0) is 30.5 Å². The molecule has 126 valence electrons. The van der Waals surface area contributed by atoms with Crippen molar-refractivity contribution in [3.05, 3.63) is 35.6 Å². The molecule has 2 aliphatic heterocycles. The first-order chi connectivity index (χ1) is 11.0. The van der Waals surface area contributed by atoms with Crippen LogP contribution in [0.5, 0.6) is 0 Å². The predicted molar refractivity (Wildman–Crippen MR) is 85.6 cm³/mol. The van der Waals surface area contributed by atoms with Gasteiger partial charge in [0.25, 0.3) is 0 Å². The van der Waals surface area contributed by atoms with Crippen LogP contribution in [0.2, 0.25) is 0 Å². The Morgan fingerprint density at radius 3 is 2.83 bits per heavy atom. The molecule has 3 atom stereocenters. The highest BCUT2D eigenvalue weighted by molar-refractivity contribution is 5.74. The lowest BCUT2D eigenvalue weighted by atomic mass is 10.0. The molecule has 0 radical (unpaired) electrons. The average molecular weight is 321 g/mol. The van der Waals surface area contributed by atoms with Crippen molar-refractivity contribution >= 4 is 6.03 Å². The number of fused-ring (bicyclic) bond motifs is 1. The zero-order valence-corrected chi connectivity index (χ0v) is 13.7. The third-order valence-electron chi connectivity index (χ3n) is 4.64. The summed E-state index contributed by atoms with van der Waals surface area (Å²) in [6.45, 7) is 2.26. The number of rotatable bonds is 3. The number of amides is 2. The second kappa shape index (κ2) is 6.84. The third kappa shape index (κ3) is 3.64. The number of likely N-dealkylation sites (tertiary alicyclic amines) is 1. The van der Waals surface area contributed by atoms with Crippen LogP contribution >= 0.6 is 0 Å². The highest BCUT2D eigenvalue weighted by Crippen LogP contribution is 2.30. The minimum Gasteiger partial charge on any atom is -0.374 e. The summed E-state index contributed by atoms with van der Waals surface area (Å²) in [4.78, 5) is 15.9. The van der Waals surface area contributed by atoms with E-state index in [0.29, 0.717) is 6.04 Å². The number of urea groups is 1. The molecule has 0 saturated carbocycles. The summed E-state index contributed by atoms with van der Waals surface area (Å²) in [5.41, 5.74) is 1.08. The Morgan fingerprint density at radius 2 is 2.13 bits per heavy atom. The van der Waals surface area contributed by atoms with Crippen LogP contribution in [0.1, 0.15) is 18.4 Å². The summed E-state index contributed by atoms with van der Waals surface area (Å²) < 4.78 is 19.0. The van der Waals surface area contributed by atoms with Gasteiger partial charge in [-0.25, -0.2) is 9.18 Å². The van der Waals surface area contributed by atoms with E-state index < -0.39 is 0 Å². The summed E-state index contributed by atoms with van der Waals surface area (Å²) in [6.07, 6.45) is 2.14. The first-order valence-electron chi connectivity index (χ1n) is 8.12. The molecule has 2 fully saturated rings. The molecule has 0 aromatic heterocycles. The molecule has 2 aliphatic rings. The van der Waals surface area contributed by atoms with Gasteiger partial charge in [0, 0.05) is 39.8 Å². The number of nitrogens with zero attached hydrogens (tertiary/aromatic N) is 2. The zero-order valence-electron chi connectivity index (χ0n) is 13.7. The minimum absolute atomic E-state index is 0.00403. The van der Waals surface area contributed by atoms with Gasteiger partial charge in [-0.15, -0.1) is 0 Å². The van der Waals surface area contributed by atoms with E-state index in [1.54, 1.807) is 19.0 Å². The second-order valence-electron chi connectivity index (χ2n) is 6.55. The van der Waals surface area contributed by atoms with E-state index >= 15 is 0 Å². The second-order valence-corrected chi connectivity index (χ2v) is 6.55. The van der Waals surface area contributed by atoms with Crippen molar-refractivity contribution in [2.45, 2.75) is 37.6 Å². The quantitative estimate of drug-likeness (QED) is 0.924. The van der Waals surface area contributed by atoms with Gasteiger partial charge in [0.1, 0.15) is 5.82 Å². The lowest BCUT2D eigenvalue weighted by Gasteiger charge is -2.32. The van der Waals surface area contributed by atoms with Gasteiger partial charge in [0.05, 0.1) is 12.1 Å². The van der Waals surface area contributed by atoms with E-state index in [0.717, 1.165) is 38.1 Å². The fourth-order valence-corrected chi connectivity index (χ4v) is 3.48. The van der Waals surface area contributed by atoms with Crippen molar-refractivity contribution < 1.29 is 13.9 Å². The molecule has 2 amide bonds. The maximum Gasteiger partial charge on any atom is 0.317 e. The maximum atomic E-state index is 13.1. The first-order valence-corrected chi connectivity index (χ1v) is 8.12. The third-order valence-corrected chi connectivity index (χ3v) is 4.64. The monoisotopic (exact) mass is 321 g/mol. The fourth-order valence-electron chi connectivity index (χ4n) is 3.48. The van der Waals surface area contributed by atoms with Gasteiger partial charge in [-0.2, -0.15) is 0 Å². The number of hydrogen-bond donors (Lipinski definition) is 1. The van der Waals surface area contributed by atoms with Crippen molar-refractivity contribution in [1.82, 2.24) is 15.1 Å². The van der Waals surface area contributed by atoms with Crippen molar-refractivity contribution in [2.75, 3.05) is 27.2 Å². The van der Waals surface area contributed by atoms with Crippen molar-refractivity contribution in [3.8, 4) is 0 Å². The zero-order chi connectivity index (χ0) is 16.4. The summed E-state index contributed by atoms with van der Waals surface area (Å²) in [5.74, 6) is -0.217. The standard InChI is InChI=1S/C17H24FN3O2/c1-20(2)17(22)19-14-11-21(15-4-3-9-23-16(14)15)10-12-5-7-13(18)8-6-12/h5-8,14-16H,3-4,9-11H2,1-2H3,(H,19,22)/t14-,15+,16+/m0/s1. The molecule has 0 bridgehead atoms. The Kier molecular flexibility index (Phi) is 4.82. The number of carbonyl (C=O) groups excluding carboxylic acids is 1. The van der Waals surface area contributed by atoms with Crippen LogP contribution in [-0.2, 0) is 11.3 Å². The Morgan fingerprint density at radius 1 is 1.39 bits per heavy atom. The Hall–Kier alpha value is -1.66. The molecule has 1 N–H and O–H groups in total. The molecule has 0 spiro atoms. The molecule has 2 saturated heterocycles. The lowest BCUT2D eigenvalue weighted by molar-refractivity contribution is -0.0207. The molecule has 1 aromatic carbocycles. The normalized spacial score (nSPS) is 27.5. The van der Waals surface area contributed by atoms with Crippen molar-refractivity contribution in [2.24, 2.45) is 0 Å². The topological polar surface area (TPSA) is 44.8 Å². The highest BCUT2D eigenvalue weighted by Gasteiger charge is 2.44. The number of benzene rings is 1. The molecule has 2 heterocycles. The van der Waals surface area contributed by atoms with Crippen LogP contribution in [0.3, 0.4) is 0 Å². The van der Waals surface area contributed by atoms with Crippen molar-refractivity contribution in [1.29, 1.82) is 0 Å². The Bertz CT molecular complexity index is 549. The number of hydrogen-bond acceptors (Lipinski definition) is 3. The summed E-state index contributed by atoms with van der Waals surface area (Å²) in [6, 6.07) is 6.83. The van der Waals surface area contributed by atoms with E-state index in [-0.39, 0.29) is 24.0 Å². The van der Waals surface area contributed by atoms with Gasteiger partial charge in [-0.3, -0.25) is 4.90 Å². The van der Waals surface area contributed by atoms with Gasteiger partial charge in [0.2, 0.25) is 0 Å². The number of ether oxygens (including phenoxy) is 1. The number of nitrogens with one attached hydrogen (secondary N) is 1. The SMILES string of the molecule is CN(C)C(=O)N[C@H]1CN(Cc2ccc(F)cc2)[C@@H]2CCCO[C@H]12. The minimum atomic E-state index is -0.217. The molecule has 23 heavy (non-hydrogen) atoms. The molecule has 1 aromatic rings. The molecule has 5 nitrogen and oxygen atoms in total. The number of carbonyl (C=O) groups is 1. The smallest absolute Gasteiger partial charge is 0.317 e. The van der Waals surface area contributed by atoms with Crippen LogP contribution in [0.25, 0.3) is 0 Å². The van der Waals surface area contributed by atoms with Gasteiger partial charge < -0.3 is 15.0 Å². The average Bonchev–Trinajstić information content (AvgIpc) is 2.88. The first kappa shape index (κ1) is 16.2. The number of halogens is 1. The van der Waals surface area contributed by atoms with Crippen molar-refractivity contribution in [3.63, 3.8) is 0 Å². The molecular formula is C17H24FN3O2. The largest absolute Gasteiger partial charge is 0.374 e. The Labute approximate surface area is 136 Å². The molecule has 6 heteroatoms. The van der Waals surface area contributed by atoms with E-state index in [2.05, 4.69) is 10.2 Å². The maximum absolute atomic E-state index is 13.1. The van der Waals surface area contributed by atoms with E-state index in [1.807, 2.05) is 12.1 Å². The fraction of sp³-hybridized carbons (Fsp3) is 0.588. The predicted octanol–water partition coefficient (Wildman–Crippen LogP) is 1.83. The molecule has 0 unspecified atom stereocenters. The summed E-state index contributed by atoms with van der Waals surface area (Å²) >= 11 is 0. The Balaban J connectivity index is 1.70. The van der Waals surface area contributed by atoms with E-state index in [9.17, 15) is 9.18 Å². The summed E-state index contributed by atoms with van der Waals surface area (Å²) in [5, 5.41) is 3.06. The summed E-state index contributed by atoms with van der Waals surface area (Å²) in [7, 11) is 3.47.